The molecule has 0 unspecified atom stereocenters. The maximum atomic E-state index is 13.3. The van der Waals surface area contributed by atoms with Gasteiger partial charge in [-0.25, -0.2) is 9.78 Å². The van der Waals surface area contributed by atoms with Gasteiger partial charge >= 0.3 is 5.97 Å². The van der Waals surface area contributed by atoms with Gasteiger partial charge in [0.1, 0.15) is 0 Å². The van der Waals surface area contributed by atoms with Crippen LogP contribution in [0.2, 0.25) is 0 Å². The summed E-state index contributed by atoms with van der Waals surface area (Å²) in [5, 5.41) is 0.627. The van der Waals surface area contributed by atoms with Gasteiger partial charge in [-0.2, -0.15) is 0 Å². The molecule has 0 spiro atoms. The minimum Gasteiger partial charge on any atom is -0.493 e. The summed E-state index contributed by atoms with van der Waals surface area (Å²) in [7, 11) is 4.60. The Morgan fingerprint density at radius 2 is 1.59 bits per heavy atom. The van der Waals surface area contributed by atoms with Gasteiger partial charge in [-0.15, -0.1) is 0 Å². The van der Waals surface area contributed by atoms with E-state index in [1.54, 1.807) is 29.2 Å². The zero-order valence-electron chi connectivity index (χ0n) is 20.8. The van der Waals surface area contributed by atoms with Crippen molar-refractivity contribution in [1.82, 2.24) is 4.98 Å². The number of nitrogens with zero attached hydrogens (tertiary/aromatic N) is 2. The minimum absolute atomic E-state index is 0.262. The Labute approximate surface area is 214 Å². The van der Waals surface area contributed by atoms with Crippen molar-refractivity contribution in [2.24, 2.45) is 0 Å². The number of hydrogen-bond donors (Lipinski definition) is 0. The van der Waals surface area contributed by atoms with Crippen LogP contribution in [0.15, 0.2) is 66.7 Å². The fourth-order valence-electron chi connectivity index (χ4n) is 4.60. The Bertz CT molecular complexity index is 1470. The second-order valence-electron chi connectivity index (χ2n) is 8.49. The van der Waals surface area contributed by atoms with Crippen molar-refractivity contribution in [2.45, 2.75) is 6.42 Å². The molecule has 0 atom stereocenters. The fourth-order valence-corrected chi connectivity index (χ4v) is 4.60. The first kappa shape index (κ1) is 24.1. The van der Waals surface area contributed by atoms with E-state index >= 15 is 0 Å². The molecule has 0 saturated heterocycles. The number of methoxy groups -OCH3 is 3. The lowest BCUT2D eigenvalue weighted by Crippen LogP contribution is -2.33. The summed E-state index contributed by atoms with van der Waals surface area (Å²) in [6.07, 6.45) is 0.781. The van der Waals surface area contributed by atoms with Gasteiger partial charge in [0.2, 0.25) is 5.75 Å². The number of fused-ring (bicyclic) bond motifs is 2. The number of esters is 1. The molecule has 0 fully saturated rings. The van der Waals surface area contributed by atoms with Gasteiger partial charge in [0, 0.05) is 23.2 Å². The monoisotopic (exact) mass is 498 g/mol. The summed E-state index contributed by atoms with van der Waals surface area (Å²) in [4.78, 5) is 32.6. The van der Waals surface area contributed by atoms with Crippen LogP contribution in [0.4, 0.5) is 5.69 Å². The molecule has 188 valence electrons. The Hall–Kier alpha value is -4.59. The molecule has 0 radical (unpaired) electrons. The number of pyridine rings is 1. The normalized spacial score (nSPS) is 12.2. The quantitative estimate of drug-likeness (QED) is 0.342. The van der Waals surface area contributed by atoms with Crippen LogP contribution >= 0.6 is 0 Å². The Morgan fingerprint density at radius 3 is 2.32 bits per heavy atom. The minimum atomic E-state index is -0.604. The summed E-state index contributed by atoms with van der Waals surface area (Å²) in [5.74, 6) is 0.519. The second-order valence-corrected chi connectivity index (χ2v) is 8.49. The first-order valence-electron chi connectivity index (χ1n) is 11.8. The SMILES string of the molecule is COc1cc(-c2cc(C(=O)OCC(=O)N3CCc4ccccc43)c3ccccc3n2)cc(OC)c1OC. The number of anilines is 1. The highest BCUT2D eigenvalue weighted by atomic mass is 16.5. The molecule has 5 rings (SSSR count). The Morgan fingerprint density at radius 1 is 0.892 bits per heavy atom. The molecule has 0 aliphatic carbocycles. The molecule has 0 saturated carbocycles. The highest BCUT2D eigenvalue weighted by molar-refractivity contribution is 6.06. The largest absolute Gasteiger partial charge is 0.493 e. The van der Waals surface area contributed by atoms with E-state index in [2.05, 4.69) is 0 Å². The molecule has 1 aliphatic rings. The van der Waals surface area contributed by atoms with Crippen molar-refractivity contribution in [3.05, 3.63) is 77.9 Å². The third kappa shape index (κ3) is 4.53. The third-order valence-corrected chi connectivity index (χ3v) is 6.41. The van der Waals surface area contributed by atoms with Crippen molar-refractivity contribution in [3.8, 4) is 28.5 Å². The van der Waals surface area contributed by atoms with Crippen LogP contribution in [-0.4, -0.2) is 51.3 Å². The zero-order chi connectivity index (χ0) is 25.9. The number of benzene rings is 3. The summed E-state index contributed by atoms with van der Waals surface area (Å²) < 4.78 is 21.9. The molecular weight excluding hydrogens is 472 g/mol. The average Bonchev–Trinajstić information content (AvgIpc) is 3.38. The summed E-state index contributed by atoms with van der Waals surface area (Å²) in [6.45, 7) is 0.211. The number of aromatic nitrogens is 1. The molecule has 8 heteroatoms. The average molecular weight is 499 g/mol. The lowest BCUT2D eigenvalue weighted by molar-refractivity contribution is -0.121. The van der Waals surface area contributed by atoms with Gasteiger partial charge in [-0.3, -0.25) is 4.79 Å². The number of carbonyl (C=O) groups is 2. The van der Waals surface area contributed by atoms with Gasteiger partial charge in [-0.05, 0) is 42.3 Å². The van der Waals surface area contributed by atoms with Crippen LogP contribution in [0, 0.1) is 0 Å². The Kier molecular flexibility index (Phi) is 6.64. The number of amides is 1. The van der Waals surface area contributed by atoms with E-state index in [-0.39, 0.29) is 12.5 Å². The molecule has 1 aliphatic heterocycles. The first-order chi connectivity index (χ1) is 18.0. The van der Waals surface area contributed by atoms with E-state index < -0.39 is 5.97 Å². The zero-order valence-corrected chi connectivity index (χ0v) is 20.8. The lowest BCUT2D eigenvalue weighted by atomic mass is 10.0. The van der Waals surface area contributed by atoms with E-state index in [0.29, 0.717) is 51.5 Å². The van der Waals surface area contributed by atoms with Crippen LogP contribution in [0.5, 0.6) is 17.2 Å². The van der Waals surface area contributed by atoms with E-state index in [1.165, 1.54) is 21.3 Å². The third-order valence-electron chi connectivity index (χ3n) is 6.41. The van der Waals surface area contributed by atoms with E-state index in [4.69, 9.17) is 23.9 Å². The van der Waals surface area contributed by atoms with Gasteiger partial charge in [0.15, 0.2) is 18.1 Å². The molecule has 0 bridgehead atoms. The number of para-hydroxylation sites is 2. The number of rotatable bonds is 7. The maximum Gasteiger partial charge on any atom is 0.339 e. The van der Waals surface area contributed by atoms with Crippen molar-refractivity contribution in [2.75, 3.05) is 39.4 Å². The lowest BCUT2D eigenvalue weighted by Gasteiger charge is -2.17. The first-order valence-corrected chi connectivity index (χ1v) is 11.8. The van der Waals surface area contributed by atoms with Gasteiger partial charge in [0.25, 0.3) is 5.91 Å². The van der Waals surface area contributed by atoms with Crippen LogP contribution in [0.1, 0.15) is 15.9 Å². The summed E-state index contributed by atoms with van der Waals surface area (Å²) in [6, 6.07) is 20.2. The highest BCUT2D eigenvalue weighted by Gasteiger charge is 2.26. The fraction of sp³-hybridized carbons (Fsp3) is 0.207. The van der Waals surface area contributed by atoms with Crippen molar-refractivity contribution in [3.63, 3.8) is 0 Å². The molecule has 8 nitrogen and oxygen atoms in total. The number of ether oxygens (including phenoxy) is 4. The number of hydrogen-bond acceptors (Lipinski definition) is 7. The molecule has 37 heavy (non-hydrogen) atoms. The smallest absolute Gasteiger partial charge is 0.339 e. The predicted molar refractivity (Wildman–Crippen MR) is 140 cm³/mol. The highest BCUT2D eigenvalue weighted by Crippen LogP contribution is 2.41. The molecular formula is C29H26N2O6. The van der Waals surface area contributed by atoms with Crippen LogP contribution < -0.4 is 19.1 Å². The topological polar surface area (TPSA) is 87.2 Å². The van der Waals surface area contributed by atoms with E-state index in [0.717, 1.165) is 17.7 Å². The molecule has 1 aromatic heterocycles. The second kappa shape index (κ2) is 10.2. The van der Waals surface area contributed by atoms with Crippen LogP contribution in [0.25, 0.3) is 22.2 Å². The summed E-state index contributed by atoms with van der Waals surface area (Å²) >= 11 is 0. The maximum absolute atomic E-state index is 13.3. The predicted octanol–water partition coefficient (Wildman–Crippen LogP) is 4.67. The van der Waals surface area contributed by atoms with Gasteiger partial charge < -0.3 is 23.8 Å². The van der Waals surface area contributed by atoms with Crippen molar-refractivity contribution < 1.29 is 28.5 Å². The molecule has 3 aromatic carbocycles. The Balaban J connectivity index is 1.46. The van der Waals surface area contributed by atoms with E-state index in [9.17, 15) is 9.59 Å². The molecule has 4 aromatic rings. The van der Waals surface area contributed by atoms with Crippen molar-refractivity contribution >= 4 is 28.5 Å². The standard InChI is InChI=1S/C29H26N2O6/c1-34-25-14-19(15-26(35-2)28(25)36-3)23-16-21(20-9-5-6-10-22(20)30-23)29(33)37-17-27(32)31-13-12-18-8-4-7-11-24(18)31/h4-11,14-16H,12-13,17H2,1-3H3. The van der Waals surface area contributed by atoms with Gasteiger partial charge in [0.05, 0.1) is 38.1 Å². The van der Waals surface area contributed by atoms with Crippen molar-refractivity contribution in [1.29, 1.82) is 0 Å². The van der Waals surface area contributed by atoms with Gasteiger partial charge in [-0.1, -0.05) is 36.4 Å². The summed E-state index contributed by atoms with van der Waals surface area (Å²) in [5.41, 5.74) is 4.08. The molecule has 0 N–H and O–H groups in total. The van der Waals surface area contributed by atoms with Crippen LogP contribution in [0.3, 0.4) is 0 Å². The van der Waals surface area contributed by atoms with E-state index in [1.807, 2.05) is 42.5 Å². The number of carbonyl (C=O) groups excluding carboxylic acids is 2. The molecule has 2 heterocycles. The van der Waals surface area contributed by atoms with Crippen LogP contribution in [-0.2, 0) is 16.0 Å². The molecule has 1 amide bonds.